The Hall–Kier alpha value is -0.940. The number of hydrogen-bond donors (Lipinski definition) is 2. The van der Waals surface area contributed by atoms with E-state index in [2.05, 4.69) is 0 Å². The second-order valence-corrected chi connectivity index (χ2v) is 5.94. The molecule has 3 rings (SSSR count). The lowest BCUT2D eigenvalue weighted by atomic mass is 9.94. The maximum absolute atomic E-state index is 10.4. The van der Waals surface area contributed by atoms with Gasteiger partial charge in [0.1, 0.15) is 0 Å². The highest BCUT2D eigenvalue weighted by Gasteiger charge is 2.46. The van der Waals surface area contributed by atoms with Gasteiger partial charge in [0.05, 0.1) is 5.60 Å². The van der Waals surface area contributed by atoms with E-state index in [1.807, 2.05) is 30.3 Å². The monoisotopic (exact) mass is 278 g/mol. The van der Waals surface area contributed by atoms with Gasteiger partial charge in [-0.05, 0) is 32.1 Å². The van der Waals surface area contributed by atoms with Gasteiger partial charge >= 0.3 is 0 Å². The van der Waals surface area contributed by atoms with Gasteiger partial charge in [0.15, 0.2) is 12.6 Å². The molecule has 20 heavy (non-hydrogen) atoms. The molecular weight excluding hydrogens is 256 g/mol. The van der Waals surface area contributed by atoms with Crippen LogP contribution in [0.1, 0.15) is 44.0 Å². The molecule has 1 aromatic rings. The lowest BCUT2D eigenvalue weighted by molar-refractivity contribution is -0.406. The molecule has 1 saturated heterocycles. The first kappa shape index (κ1) is 14.0. The van der Waals surface area contributed by atoms with Crippen molar-refractivity contribution in [2.45, 2.75) is 50.3 Å². The Labute approximate surface area is 119 Å². The summed E-state index contributed by atoms with van der Waals surface area (Å²) in [4.78, 5) is 0. The fourth-order valence-corrected chi connectivity index (χ4v) is 3.26. The van der Waals surface area contributed by atoms with Gasteiger partial charge < -0.3 is 19.7 Å². The summed E-state index contributed by atoms with van der Waals surface area (Å²) in [6, 6.07) is 9.90. The predicted octanol–water partition coefficient (Wildman–Crippen LogP) is 2.36. The van der Waals surface area contributed by atoms with Gasteiger partial charge in [-0.25, -0.2) is 0 Å². The first-order valence-corrected chi connectivity index (χ1v) is 7.39. The van der Waals surface area contributed by atoms with E-state index in [1.165, 1.54) is 0 Å². The molecule has 4 nitrogen and oxygen atoms in total. The smallest absolute Gasteiger partial charge is 0.189 e. The summed E-state index contributed by atoms with van der Waals surface area (Å²) in [6.07, 6.45) is 3.28. The van der Waals surface area contributed by atoms with Crippen molar-refractivity contribution in [3.63, 3.8) is 0 Å². The summed E-state index contributed by atoms with van der Waals surface area (Å²) < 4.78 is 11.6. The van der Waals surface area contributed by atoms with Crippen LogP contribution in [0.5, 0.6) is 0 Å². The van der Waals surface area contributed by atoms with Crippen molar-refractivity contribution in [1.82, 2.24) is 0 Å². The van der Waals surface area contributed by atoms with Crippen LogP contribution in [0.15, 0.2) is 30.3 Å². The molecule has 0 aromatic heterocycles. The first-order chi connectivity index (χ1) is 9.70. The zero-order valence-corrected chi connectivity index (χ0v) is 11.6. The lowest BCUT2D eigenvalue weighted by Crippen LogP contribution is -2.40. The van der Waals surface area contributed by atoms with E-state index < -0.39 is 5.60 Å². The Morgan fingerprint density at radius 2 is 1.95 bits per heavy atom. The molecular formula is C16H22O4. The molecule has 1 heterocycles. The summed E-state index contributed by atoms with van der Waals surface area (Å²) in [5.41, 5.74) is 0.398. The number of aliphatic hydroxyl groups is 2. The fourth-order valence-electron chi connectivity index (χ4n) is 3.26. The van der Waals surface area contributed by atoms with Crippen molar-refractivity contribution < 1.29 is 19.7 Å². The summed E-state index contributed by atoms with van der Waals surface area (Å²) in [5, 5.41) is 19.3. The number of ether oxygens (including phenoxy) is 2. The van der Waals surface area contributed by atoms with Crippen molar-refractivity contribution in [3.05, 3.63) is 35.9 Å². The second-order valence-electron chi connectivity index (χ2n) is 5.94. The molecule has 2 N–H and O–H groups in total. The lowest BCUT2D eigenvalue weighted by Gasteiger charge is -2.40. The summed E-state index contributed by atoms with van der Waals surface area (Å²) in [5.74, 6) is 0.263. The minimum Gasteiger partial charge on any atom is -0.396 e. The first-order valence-electron chi connectivity index (χ1n) is 7.39. The van der Waals surface area contributed by atoms with Gasteiger partial charge in [-0.3, -0.25) is 0 Å². The SMILES string of the molecule is OCCCC1(O)CCC(C2OC(c3ccccc3)O2)C1. The number of rotatable bonds is 5. The van der Waals surface area contributed by atoms with E-state index in [-0.39, 0.29) is 25.1 Å². The molecule has 1 saturated carbocycles. The predicted molar refractivity (Wildman–Crippen MR) is 73.8 cm³/mol. The highest BCUT2D eigenvalue weighted by molar-refractivity contribution is 5.17. The fraction of sp³-hybridized carbons (Fsp3) is 0.625. The maximum Gasteiger partial charge on any atom is 0.189 e. The summed E-state index contributed by atoms with van der Waals surface area (Å²) in [7, 11) is 0. The third-order valence-electron chi connectivity index (χ3n) is 4.39. The molecule has 2 atom stereocenters. The summed E-state index contributed by atoms with van der Waals surface area (Å²) in [6.45, 7) is 0.138. The minimum atomic E-state index is -0.641. The molecule has 0 spiro atoms. The summed E-state index contributed by atoms with van der Waals surface area (Å²) >= 11 is 0. The Morgan fingerprint density at radius 3 is 2.65 bits per heavy atom. The van der Waals surface area contributed by atoms with Crippen LogP contribution in [0, 0.1) is 5.92 Å². The second kappa shape index (κ2) is 5.82. The topological polar surface area (TPSA) is 58.9 Å². The molecule has 4 heteroatoms. The molecule has 2 fully saturated rings. The van der Waals surface area contributed by atoms with Crippen LogP contribution in [0.3, 0.4) is 0 Å². The molecule has 1 aliphatic heterocycles. The van der Waals surface area contributed by atoms with E-state index in [0.717, 1.165) is 18.4 Å². The zero-order chi connectivity index (χ0) is 14.0. The van der Waals surface area contributed by atoms with E-state index in [4.69, 9.17) is 14.6 Å². The highest BCUT2D eigenvalue weighted by atomic mass is 16.9. The normalized spacial score (nSPS) is 36.8. The molecule has 1 aromatic carbocycles. The maximum atomic E-state index is 10.4. The van der Waals surface area contributed by atoms with E-state index >= 15 is 0 Å². The zero-order valence-electron chi connectivity index (χ0n) is 11.6. The average molecular weight is 278 g/mol. The standard InChI is InChI=1S/C16H22O4/c17-10-4-8-16(18)9-7-13(11-16)15-19-14(20-15)12-5-2-1-3-6-12/h1-3,5-6,13-15,17-18H,4,7-11H2. The van der Waals surface area contributed by atoms with Gasteiger partial charge in [0, 0.05) is 18.1 Å². The van der Waals surface area contributed by atoms with Crippen LogP contribution in [0.2, 0.25) is 0 Å². The van der Waals surface area contributed by atoms with Gasteiger partial charge in [-0.2, -0.15) is 0 Å². The van der Waals surface area contributed by atoms with Crippen molar-refractivity contribution in [3.8, 4) is 0 Å². The van der Waals surface area contributed by atoms with Crippen molar-refractivity contribution in [1.29, 1.82) is 0 Å². The molecule has 1 aliphatic carbocycles. The van der Waals surface area contributed by atoms with E-state index in [1.54, 1.807) is 0 Å². The van der Waals surface area contributed by atoms with E-state index in [0.29, 0.717) is 19.3 Å². The average Bonchev–Trinajstić information content (AvgIpc) is 2.79. The van der Waals surface area contributed by atoms with Crippen molar-refractivity contribution in [2.24, 2.45) is 5.92 Å². The minimum absolute atomic E-state index is 0.138. The van der Waals surface area contributed by atoms with Gasteiger partial charge in [0.25, 0.3) is 0 Å². The van der Waals surface area contributed by atoms with E-state index in [9.17, 15) is 5.11 Å². The largest absolute Gasteiger partial charge is 0.396 e. The molecule has 2 aliphatic rings. The quantitative estimate of drug-likeness (QED) is 0.868. The molecule has 2 unspecified atom stereocenters. The van der Waals surface area contributed by atoms with Gasteiger partial charge in [0.2, 0.25) is 0 Å². The van der Waals surface area contributed by atoms with Gasteiger partial charge in [-0.1, -0.05) is 30.3 Å². The Balaban J connectivity index is 1.49. The highest BCUT2D eigenvalue weighted by Crippen LogP contribution is 2.45. The Bertz CT molecular complexity index is 429. The van der Waals surface area contributed by atoms with Crippen LogP contribution >= 0.6 is 0 Å². The third kappa shape index (κ3) is 2.88. The molecule has 110 valence electrons. The van der Waals surface area contributed by atoms with Crippen LogP contribution in [0.25, 0.3) is 0 Å². The number of hydrogen-bond acceptors (Lipinski definition) is 4. The number of aliphatic hydroxyl groups excluding tert-OH is 1. The Kier molecular flexibility index (Phi) is 4.08. The molecule has 0 radical (unpaired) electrons. The molecule has 0 bridgehead atoms. The molecule has 0 amide bonds. The van der Waals surface area contributed by atoms with Crippen molar-refractivity contribution in [2.75, 3.05) is 6.61 Å². The third-order valence-corrected chi connectivity index (χ3v) is 4.39. The number of benzene rings is 1. The van der Waals surface area contributed by atoms with Crippen LogP contribution in [0.4, 0.5) is 0 Å². The van der Waals surface area contributed by atoms with Crippen molar-refractivity contribution >= 4 is 0 Å². The van der Waals surface area contributed by atoms with Crippen LogP contribution in [-0.4, -0.2) is 28.7 Å². The van der Waals surface area contributed by atoms with Crippen LogP contribution in [-0.2, 0) is 9.47 Å². The van der Waals surface area contributed by atoms with Gasteiger partial charge in [-0.15, -0.1) is 0 Å². The van der Waals surface area contributed by atoms with Crippen LogP contribution < -0.4 is 0 Å². The Morgan fingerprint density at radius 1 is 1.20 bits per heavy atom.